The molecule has 0 spiro atoms. The predicted molar refractivity (Wildman–Crippen MR) is 227 cm³/mol. The molecule has 11 aromatic rings. The Morgan fingerprint density at radius 1 is 0.296 bits per heavy atom. The highest BCUT2D eigenvalue weighted by atomic mass is 15.1. The van der Waals surface area contributed by atoms with Crippen molar-refractivity contribution in [2.24, 2.45) is 0 Å². The maximum Gasteiger partial charge on any atom is 0.138 e. The van der Waals surface area contributed by atoms with Crippen LogP contribution in [0.15, 0.2) is 200 Å². The van der Waals surface area contributed by atoms with Crippen molar-refractivity contribution < 1.29 is 0 Å². The van der Waals surface area contributed by atoms with Crippen LogP contribution in [0.3, 0.4) is 0 Å². The molecule has 0 atom stereocenters. The minimum absolute atomic E-state index is 0.904. The Hall–Kier alpha value is -7.23. The lowest BCUT2D eigenvalue weighted by Crippen LogP contribution is -1.98. The second-order valence-electron chi connectivity index (χ2n) is 14.0. The number of hydrogen-bond donors (Lipinski definition) is 0. The molecular weight excluding hydrogens is 655 g/mol. The number of hydrogen-bond acceptors (Lipinski definition) is 1. The quantitative estimate of drug-likeness (QED) is 0.177. The molecular formula is C51H33N3. The van der Waals surface area contributed by atoms with Gasteiger partial charge in [0.05, 0.1) is 27.8 Å². The standard InChI is InChI=1S/C51H33N3/c1-2-11-34(12-3-1)36-21-23-37(24-22-36)46-17-10-20-51(52-46)54-48-19-9-7-16-43(48)45-33-40(27-30-50(45)54)39-26-29-49-44(32-39)42-15-6-8-18-47(42)53(49)41-28-25-35-13-4-5-14-38(35)31-41/h1-33H. The lowest BCUT2D eigenvalue weighted by Gasteiger charge is -2.11. The first-order valence-electron chi connectivity index (χ1n) is 18.5. The molecule has 0 aliphatic carbocycles. The van der Waals surface area contributed by atoms with Crippen LogP contribution >= 0.6 is 0 Å². The van der Waals surface area contributed by atoms with Gasteiger partial charge in [-0.3, -0.25) is 4.57 Å². The Balaban J connectivity index is 1.02. The highest BCUT2D eigenvalue weighted by Crippen LogP contribution is 2.38. The lowest BCUT2D eigenvalue weighted by atomic mass is 10.0. The monoisotopic (exact) mass is 687 g/mol. The van der Waals surface area contributed by atoms with Gasteiger partial charge in [0.15, 0.2) is 0 Å². The summed E-state index contributed by atoms with van der Waals surface area (Å²) in [5, 5.41) is 7.41. The largest absolute Gasteiger partial charge is 0.309 e. The van der Waals surface area contributed by atoms with Crippen LogP contribution in [0.5, 0.6) is 0 Å². The molecule has 0 saturated heterocycles. The Morgan fingerprint density at radius 3 is 1.56 bits per heavy atom. The Morgan fingerprint density at radius 2 is 0.833 bits per heavy atom. The van der Waals surface area contributed by atoms with Crippen LogP contribution in [-0.2, 0) is 0 Å². The third-order valence-corrected chi connectivity index (χ3v) is 10.9. The molecule has 54 heavy (non-hydrogen) atoms. The predicted octanol–water partition coefficient (Wildman–Crippen LogP) is 13.4. The van der Waals surface area contributed by atoms with Crippen molar-refractivity contribution in [3.63, 3.8) is 0 Å². The first kappa shape index (κ1) is 30.4. The van der Waals surface area contributed by atoms with E-state index < -0.39 is 0 Å². The summed E-state index contributed by atoms with van der Waals surface area (Å²) in [6.45, 7) is 0. The van der Waals surface area contributed by atoms with Gasteiger partial charge in [-0.2, -0.15) is 0 Å². The molecule has 0 bridgehead atoms. The summed E-state index contributed by atoms with van der Waals surface area (Å²) in [4.78, 5) is 5.24. The molecule has 0 fully saturated rings. The molecule has 0 unspecified atom stereocenters. The zero-order valence-electron chi connectivity index (χ0n) is 29.4. The highest BCUT2D eigenvalue weighted by molar-refractivity contribution is 6.12. The van der Waals surface area contributed by atoms with Gasteiger partial charge in [0.2, 0.25) is 0 Å². The Kier molecular flexibility index (Phi) is 6.86. The number of aromatic nitrogens is 3. The SMILES string of the molecule is c1ccc(-c2ccc(-c3cccc(-n4c5ccccc5c5cc(-c6ccc7c(c6)c6ccccc6n7-c6ccc7ccccc7c6)ccc54)n3)cc2)cc1. The molecule has 3 nitrogen and oxygen atoms in total. The molecule has 0 radical (unpaired) electrons. The van der Waals surface area contributed by atoms with Gasteiger partial charge in [-0.1, -0.05) is 140 Å². The minimum Gasteiger partial charge on any atom is -0.309 e. The van der Waals surface area contributed by atoms with Crippen LogP contribution in [0, 0.1) is 0 Å². The molecule has 0 aliphatic heterocycles. The fraction of sp³-hybridized carbons (Fsp3) is 0. The lowest BCUT2D eigenvalue weighted by molar-refractivity contribution is 1.08. The Labute approximate surface area is 312 Å². The van der Waals surface area contributed by atoms with Crippen LogP contribution in [0.2, 0.25) is 0 Å². The van der Waals surface area contributed by atoms with Crippen LogP contribution in [0.1, 0.15) is 0 Å². The van der Waals surface area contributed by atoms with E-state index in [1.165, 1.54) is 71.3 Å². The van der Waals surface area contributed by atoms with Gasteiger partial charge < -0.3 is 4.57 Å². The first-order valence-corrected chi connectivity index (χ1v) is 18.5. The van der Waals surface area contributed by atoms with E-state index >= 15 is 0 Å². The summed E-state index contributed by atoms with van der Waals surface area (Å²) < 4.78 is 4.70. The van der Waals surface area contributed by atoms with Crippen LogP contribution < -0.4 is 0 Å². The number of pyridine rings is 1. The second-order valence-corrected chi connectivity index (χ2v) is 14.0. The fourth-order valence-corrected chi connectivity index (χ4v) is 8.32. The third kappa shape index (κ3) is 4.87. The molecule has 3 aromatic heterocycles. The molecule has 8 aromatic carbocycles. The van der Waals surface area contributed by atoms with Crippen molar-refractivity contribution in [1.82, 2.24) is 14.1 Å². The smallest absolute Gasteiger partial charge is 0.138 e. The summed E-state index contributed by atoms with van der Waals surface area (Å²) >= 11 is 0. The molecule has 3 heteroatoms. The van der Waals surface area contributed by atoms with E-state index in [-0.39, 0.29) is 0 Å². The van der Waals surface area contributed by atoms with Crippen molar-refractivity contribution in [2.45, 2.75) is 0 Å². The molecule has 0 amide bonds. The van der Waals surface area contributed by atoms with Gasteiger partial charge in [0.25, 0.3) is 0 Å². The molecule has 252 valence electrons. The number of fused-ring (bicyclic) bond motifs is 7. The maximum absolute atomic E-state index is 5.24. The second kappa shape index (κ2) is 12.2. The molecule has 0 aliphatic rings. The van der Waals surface area contributed by atoms with Crippen LogP contribution in [0.4, 0.5) is 0 Å². The van der Waals surface area contributed by atoms with Crippen molar-refractivity contribution in [3.8, 4) is 45.0 Å². The molecule has 11 rings (SSSR count). The van der Waals surface area contributed by atoms with E-state index in [0.29, 0.717) is 0 Å². The van der Waals surface area contributed by atoms with E-state index in [1.54, 1.807) is 0 Å². The van der Waals surface area contributed by atoms with Gasteiger partial charge >= 0.3 is 0 Å². The van der Waals surface area contributed by atoms with Gasteiger partial charge in [-0.05, 0) is 93.7 Å². The van der Waals surface area contributed by atoms with Crippen molar-refractivity contribution >= 4 is 54.4 Å². The van der Waals surface area contributed by atoms with Crippen molar-refractivity contribution in [1.29, 1.82) is 0 Å². The number of nitrogens with zero attached hydrogens (tertiary/aromatic N) is 3. The summed E-state index contributed by atoms with van der Waals surface area (Å²) in [6, 6.07) is 72.1. The third-order valence-electron chi connectivity index (χ3n) is 10.9. The fourth-order valence-electron chi connectivity index (χ4n) is 8.32. The van der Waals surface area contributed by atoms with Gasteiger partial charge in [-0.25, -0.2) is 4.98 Å². The first-order chi connectivity index (χ1) is 26.8. The summed E-state index contributed by atoms with van der Waals surface area (Å²) in [5.74, 6) is 0.904. The zero-order chi connectivity index (χ0) is 35.6. The topological polar surface area (TPSA) is 22.8 Å². The van der Waals surface area contributed by atoms with Gasteiger partial charge in [-0.15, -0.1) is 0 Å². The average molecular weight is 688 g/mol. The van der Waals surface area contributed by atoms with E-state index in [4.69, 9.17) is 4.98 Å². The van der Waals surface area contributed by atoms with Crippen molar-refractivity contribution in [3.05, 3.63) is 200 Å². The zero-order valence-corrected chi connectivity index (χ0v) is 29.4. The van der Waals surface area contributed by atoms with E-state index in [0.717, 1.165) is 28.1 Å². The van der Waals surface area contributed by atoms with E-state index in [2.05, 4.69) is 209 Å². The molecule has 0 saturated carbocycles. The van der Waals surface area contributed by atoms with Gasteiger partial charge in [0, 0.05) is 32.8 Å². The highest BCUT2D eigenvalue weighted by Gasteiger charge is 2.17. The number of benzene rings is 8. The molecule has 3 heterocycles. The minimum atomic E-state index is 0.904. The normalized spacial score (nSPS) is 11.7. The molecule has 0 N–H and O–H groups in total. The van der Waals surface area contributed by atoms with Crippen molar-refractivity contribution in [2.75, 3.05) is 0 Å². The summed E-state index contributed by atoms with van der Waals surface area (Å²) in [5.41, 5.74) is 12.7. The maximum atomic E-state index is 5.24. The Bertz CT molecular complexity index is 3200. The summed E-state index contributed by atoms with van der Waals surface area (Å²) in [6.07, 6.45) is 0. The van der Waals surface area contributed by atoms with E-state index in [1.807, 2.05) is 0 Å². The van der Waals surface area contributed by atoms with Gasteiger partial charge in [0.1, 0.15) is 5.82 Å². The van der Waals surface area contributed by atoms with Crippen LogP contribution in [0.25, 0.3) is 99.4 Å². The number of rotatable bonds is 5. The average Bonchev–Trinajstić information content (AvgIpc) is 3.76. The summed E-state index contributed by atoms with van der Waals surface area (Å²) in [7, 11) is 0. The number of para-hydroxylation sites is 2. The van der Waals surface area contributed by atoms with E-state index in [9.17, 15) is 0 Å². The van der Waals surface area contributed by atoms with Crippen LogP contribution in [-0.4, -0.2) is 14.1 Å².